The molecule has 0 amide bonds. The van der Waals surface area contributed by atoms with Crippen molar-refractivity contribution in [1.29, 1.82) is 0 Å². The van der Waals surface area contributed by atoms with E-state index in [0.717, 1.165) is 13.0 Å². The molecule has 3 N–H and O–H groups in total. The fourth-order valence-electron chi connectivity index (χ4n) is 2.00. The van der Waals surface area contributed by atoms with Crippen LogP contribution in [0.25, 0.3) is 0 Å². The van der Waals surface area contributed by atoms with Gasteiger partial charge in [0.05, 0.1) is 12.6 Å². The lowest BCUT2D eigenvalue weighted by atomic mass is 10.2. The van der Waals surface area contributed by atoms with Crippen LogP contribution >= 0.6 is 35.3 Å². The third-order valence-corrected chi connectivity index (χ3v) is 4.24. The molecule has 0 aromatic carbocycles. The van der Waals surface area contributed by atoms with Crippen LogP contribution in [0.5, 0.6) is 0 Å². The van der Waals surface area contributed by atoms with Gasteiger partial charge in [-0.25, -0.2) is 0 Å². The van der Waals surface area contributed by atoms with Gasteiger partial charge in [0.2, 0.25) is 0 Å². The maximum Gasteiger partial charge on any atom is 0.188 e. The molecule has 0 saturated heterocycles. The van der Waals surface area contributed by atoms with Crippen LogP contribution in [0, 0.1) is 0 Å². The Morgan fingerprint density at radius 1 is 1.38 bits per heavy atom. The van der Waals surface area contributed by atoms with Gasteiger partial charge in [-0.1, -0.05) is 32.3 Å². The molecule has 1 aromatic rings. The van der Waals surface area contributed by atoms with Crippen LogP contribution < -0.4 is 11.1 Å². The molecule has 1 heterocycles. The molecule has 4 nitrogen and oxygen atoms in total. The third kappa shape index (κ3) is 8.63. The summed E-state index contributed by atoms with van der Waals surface area (Å²) >= 11 is 1.77. The first-order chi connectivity index (χ1) is 9.65. The number of nitrogens with one attached hydrogen (secondary N) is 1. The predicted octanol–water partition coefficient (Wildman–Crippen LogP) is 3.45. The van der Waals surface area contributed by atoms with Crippen LogP contribution in [-0.4, -0.2) is 38.0 Å². The lowest BCUT2D eigenvalue weighted by molar-refractivity contribution is 0.310. The molecular weight excluding hydrogens is 395 g/mol. The highest BCUT2D eigenvalue weighted by molar-refractivity contribution is 14.0. The van der Waals surface area contributed by atoms with Gasteiger partial charge in [0.1, 0.15) is 0 Å². The number of hydrogen-bond acceptors (Lipinski definition) is 3. The number of rotatable bonds is 9. The average Bonchev–Trinajstić information content (AvgIpc) is 2.92. The first-order valence-corrected chi connectivity index (χ1v) is 8.26. The van der Waals surface area contributed by atoms with Crippen molar-refractivity contribution in [2.75, 3.05) is 27.2 Å². The Labute approximate surface area is 150 Å². The summed E-state index contributed by atoms with van der Waals surface area (Å²) in [6.07, 6.45) is 4.97. The second kappa shape index (κ2) is 12.2. The van der Waals surface area contributed by atoms with Gasteiger partial charge in [-0.2, -0.15) is 0 Å². The van der Waals surface area contributed by atoms with Crippen molar-refractivity contribution in [3.05, 3.63) is 22.4 Å². The van der Waals surface area contributed by atoms with E-state index in [4.69, 9.17) is 5.73 Å². The number of aliphatic imine (C=N–C) groups is 1. The zero-order chi connectivity index (χ0) is 14.8. The molecular formula is C15H29IN4S. The first-order valence-electron chi connectivity index (χ1n) is 7.38. The molecule has 0 aliphatic rings. The van der Waals surface area contributed by atoms with E-state index in [1.165, 1.54) is 24.1 Å². The van der Waals surface area contributed by atoms with E-state index < -0.39 is 0 Å². The Bertz CT molecular complexity index is 379. The van der Waals surface area contributed by atoms with E-state index in [-0.39, 0.29) is 24.0 Å². The maximum absolute atomic E-state index is 5.91. The molecule has 1 rings (SSSR count). The van der Waals surface area contributed by atoms with Crippen molar-refractivity contribution in [3.63, 3.8) is 0 Å². The third-order valence-electron chi connectivity index (χ3n) is 3.27. The van der Waals surface area contributed by atoms with Gasteiger partial charge < -0.3 is 16.0 Å². The molecule has 0 aliphatic carbocycles. The number of guanidine groups is 1. The standard InChI is InChI=1S/C15H28N4S.HI/c1-4-5-6-7-10-17-15(16)18-12-13(19(2)3)14-9-8-11-20-14;/h8-9,11,13H,4-7,10,12H2,1-3H3,(H3,16,17,18);1H. The maximum atomic E-state index is 5.91. The SMILES string of the molecule is CCCCCCNC(N)=NCC(c1cccs1)N(C)C.I. The quantitative estimate of drug-likeness (QED) is 0.276. The second-order valence-electron chi connectivity index (χ2n) is 5.21. The van der Waals surface area contributed by atoms with E-state index in [0.29, 0.717) is 18.5 Å². The monoisotopic (exact) mass is 424 g/mol. The highest BCUT2D eigenvalue weighted by atomic mass is 127. The number of nitrogens with zero attached hydrogens (tertiary/aromatic N) is 2. The minimum absolute atomic E-state index is 0. The molecule has 6 heteroatoms. The van der Waals surface area contributed by atoms with Gasteiger partial charge >= 0.3 is 0 Å². The minimum atomic E-state index is 0. The predicted molar refractivity (Wildman–Crippen MR) is 105 cm³/mol. The number of thiophene rings is 1. The first kappa shape index (κ1) is 20.7. The van der Waals surface area contributed by atoms with E-state index in [1.807, 2.05) is 0 Å². The highest BCUT2D eigenvalue weighted by Crippen LogP contribution is 2.23. The summed E-state index contributed by atoms with van der Waals surface area (Å²) in [5.41, 5.74) is 5.91. The summed E-state index contributed by atoms with van der Waals surface area (Å²) < 4.78 is 0. The van der Waals surface area contributed by atoms with Gasteiger partial charge in [0.25, 0.3) is 0 Å². The van der Waals surface area contributed by atoms with Crippen molar-refractivity contribution < 1.29 is 0 Å². The highest BCUT2D eigenvalue weighted by Gasteiger charge is 2.14. The Balaban J connectivity index is 0.00000400. The van der Waals surface area contributed by atoms with Crippen molar-refractivity contribution in [2.24, 2.45) is 10.7 Å². The molecule has 0 fully saturated rings. The lowest BCUT2D eigenvalue weighted by Gasteiger charge is -2.21. The van der Waals surface area contributed by atoms with E-state index >= 15 is 0 Å². The molecule has 1 aromatic heterocycles. The summed E-state index contributed by atoms with van der Waals surface area (Å²) in [6.45, 7) is 3.83. The van der Waals surface area contributed by atoms with Crippen LogP contribution in [0.2, 0.25) is 0 Å². The van der Waals surface area contributed by atoms with Gasteiger partial charge in [-0.15, -0.1) is 35.3 Å². The summed E-state index contributed by atoms with van der Waals surface area (Å²) in [7, 11) is 4.16. The van der Waals surface area contributed by atoms with Crippen LogP contribution in [-0.2, 0) is 0 Å². The van der Waals surface area contributed by atoms with Gasteiger partial charge in [-0.05, 0) is 32.0 Å². The van der Waals surface area contributed by atoms with Crippen molar-refractivity contribution in [1.82, 2.24) is 10.2 Å². The summed E-state index contributed by atoms with van der Waals surface area (Å²) in [6, 6.07) is 4.53. The Morgan fingerprint density at radius 2 is 2.14 bits per heavy atom. The summed E-state index contributed by atoms with van der Waals surface area (Å²) in [5.74, 6) is 0.560. The molecule has 0 aliphatic heterocycles. The van der Waals surface area contributed by atoms with Crippen LogP contribution in [0.4, 0.5) is 0 Å². The van der Waals surface area contributed by atoms with Crippen LogP contribution in [0.3, 0.4) is 0 Å². The molecule has 1 atom stereocenters. The largest absolute Gasteiger partial charge is 0.370 e. The molecule has 0 bridgehead atoms. The molecule has 0 radical (unpaired) electrons. The topological polar surface area (TPSA) is 53.6 Å². The zero-order valence-corrected chi connectivity index (χ0v) is 16.5. The number of halogens is 1. The summed E-state index contributed by atoms with van der Waals surface area (Å²) in [4.78, 5) is 7.98. The molecule has 1 unspecified atom stereocenters. The van der Waals surface area contributed by atoms with Gasteiger partial charge in [0, 0.05) is 11.4 Å². The van der Waals surface area contributed by atoms with Gasteiger partial charge in [-0.3, -0.25) is 4.99 Å². The Kier molecular flexibility index (Phi) is 12.0. The van der Waals surface area contributed by atoms with Crippen LogP contribution in [0.1, 0.15) is 43.5 Å². The normalized spacial score (nSPS) is 13.0. The minimum Gasteiger partial charge on any atom is -0.370 e. The van der Waals surface area contributed by atoms with E-state index in [1.54, 1.807) is 11.3 Å². The average molecular weight is 424 g/mol. The number of unbranched alkanes of at least 4 members (excludes halogenated alkanes) is 3. The molecule has 0 saturated carbocycles. The number of nitrogens with two attached hydrogens (primary N) is 1. The van der Waals surface area contributed by atoms with Crippen molar-refractivity contribution in [2.45, 2.75) is 38.6 Å². The smallest absolute Gasteiger partial charge is 0.188 e. The fourth-order valence-corrected chi connectivity index (χ4v) is 2.91. The molecule has 21 heavy (non-hydrogen) atoms. The lowest BCUT2D eigenvalue weighted by Crippen LogP contribution is -2.33. The van der Waals surface area contributed by atoms with E-state index in [2.05, 4.69) is 53.7 Å². The Morgan fingerprint density at radius 3 is 2.71 bits per heavy atom. The number of likely N-dealkylation sites (N-methyl/N-ethyl adjacent to an activating group) is 1. The number of hydrogen-bond donors (Lipinski definition) is 2. The molecule has 122 valence electrons. The fraction of sp³-hybridized carbons (Fsp3) is 0.667. The summed E-state index contributed by atoms with van der Waals surface area (Å²) in [5, 5.41) is 5.30. The molecule has 0 spiro atoms. The zero-order valence-electron chi connectivity index (χ0n) is 13.3. The van der Waals surface area contributed by atoms with Crippen LogP contribution in [0.15, 0.2) is 22.5 Å². The van der Waals surface area contributed by atoms with E-state index in [9.17, 15) is 0 Å². The second-order valence-corrected chi connectivity index (χ2v) is 6.19. The Hall–Kier alpha value is -0.340. The van der Waals surface area contributed by atoms with Crippen molar-refractivity contribution in [3.8, 4) is 0 Å². The van der Waals surface area contributed by atoms with Crippen molar-refractivity contribution >= 4 is 41.3 Å². The van der Waals surface area contributed by atoms with Gasteiger partial charge in [0.15, 0.2) is 5.96 Å².